The summed E-state index contributed by atoms with van der Waals surface area (Å²) in [5.41, 5.74) is 0.606. The van der Waals surface area contributed by atoms with E-state index in [9.17, 15) is 14.4 Å². The lowest BCUT2D eigenvalue weighted by atomic mass is 9.43. The van der Waals surface area contributed by atoms with Crippen molar-refractivity contribution in [2.45, 2.75) is 104 Å². The normalized spacial score (nSPS) is 26.4. The first kappa shape index (κ1) is 31.2. The van der Waals surface area contributed by atoms with Crippen LogP contribution in [0.3, 0.4) is 0 Å². The molecule has 5 unspecified atom stereocenters. The average molecular weight is 573 g/mol. The standard InChI is InChI=1S/C30H44BNO9/c1-8-20(9-2)39-28(35)38-17-37-27(34)21-13-11-12-18(26(21)36-7)14-24(32-25(33)10-3)31-40-23-16-19-15-22(29(19,4)5)30(23,6)41-31/h11-13,19-20,22-24H,8-10,14-17H2,1-7H3,(H,32,33). The highest BCUT2D eigenvalue weighted by Crippen LogP contribution is 2.65. The highest BCUT2D eigenvalue weighted by molar-refractivity contribution is 6.48. The maximum absolute atomic E-state index is 12.9. The molecule has 1 aromatic rings. The summed E-state index contributed by atoms with van der Waals surface area (Å²) >= 11 is 0. The Bertz CT molecular complexity index is 1120. The van der Waals surface area contributed by atoms with Gasteiger partial charge in [-0.15, -0.1) is 0 Å². The fourth-order valence-corrected chi connectivity index (χ4v) is 6.81. The molecule has 5 rings (SSSR count). The van der Waals surface area contributed by atoms with Crippen LogP contribution in [0.1, 0.15) is 89.6 Å². The molecule has 0 spiro atoms. The number of para-hydroxylation sites is 1. The monoisotopic (exact) mass is 573 g/mol. The molecule has 2 bridgehead atoms. The number of amides is 1. The second-order valence-electron chi connectivity index (χ2n) is 12.1. The molecule has 1 heterocycles. The molecule has 5 atom stereocenters. The lowest BCUT2D eigenvalue weighted by Crippen LogP contribution is -2.65. The molecule has 4 aliphatic rings. The van der Waals surface area contributed by atoms with Crippen molar-refractivity contribution in [1.82, 2.24) is 5.32 Å². The highest BCUT2D eigenvalue weighted by atomic mass is 16.8. The van der Waals surface area contributed by atoms with Crippen LogP contribution in [0.4, 0.5) is 4.79 Å². The summed E-state index contributed by atoms with van der Waals surface area (Å²) in [6, 6.07) is 5.11. The summed E-state index contributed by atoms with van der Waals surface area (Å²) in [6.07, 6.45) is 2.80. The fraction of sp³-hybridized carbons (Fsp3) is 0.700. The predicted molar refractivity (Wildman–Crippen MR) is 151 cm³/mol. The van der Waals surface area contributed by atoms with Gasteiger partial charge in [-0.1, -0.05) is 46.8 Å². The van der Waals surface area contributed by atoms with E-state index in [1.165, 1.54) is 7.11 Å². The first-order valence-corrected chi connectivity index (χ1v) is 14.8. The Labute approximate surface area is 243 Å². The van der Waals surface area contributed by atoms with Gasteiger partial charge in [0.25, 0.3) is 0 Å². The second kappa shape index (κ2) is 12.6. The molecule has 3 aliphatic carbocycles. The fourth-order valence-electron chi connectivity index (χ4n) is 6.81. The van der Waals surface area contributed by atoms with E-state index in [1.54, 1.807) is 19.1 Å². The number of ether oxygens (including phenoxy) is 4. The van der Waals surface area contributed by atoms with Crippen LogP contribution in [0.25, 0.3) is 0 Å². The summed E-state index contributed by atoms with van der Waals surface area (Å²) in [6.45, 7) is 11.7. The Morgan fingerprint density at radius 2 is 1.83 bits per heavy atom. The third-order valence-corrected chi connectivity index (χ3v) is 9.47. The number of hydrogen-bond donors (Lipinski definition) is 1. The van der Waals surface area contributed by atoms with Crippen LogP contribution in [0.15, 0.2) is 18.2 Å². The number of carbonyl (C=O) groups excluding carboxylic acids is 3. The van der Waals surface area contributed by atoms with Gasteiger partial charge >= 0.3 is 19.2 Å². The molecule has 1 aromatic carbocycles. The van der Waals surface area contributed by atoms with E-state index in [4.69, 9.17) is 28.3 Å². The van der Waals surface area contributed by atoms with Gasteiger partial charge in [0.2, 0.25) is 12.7 Å². The van der Waals surface area contributed by atoms with Crippen LogP contribution >= 0.6 is 0 Å². The molecule has 226 valence electrons. The van der Waals surface area contributed by atoms with Gasteiger partial charge in [0.15, 0.2) is 0 Å². The Balaban J connectivity index is 1.47. The number of carbonyl (C=O) groups is 3. The van der Waals surface area contributed by atoms with Crippen LogP contribution < -0.4 is 10.1 Å². The van der Waals surface area contributed by atoms with Gasteiger partial charge in [-0.25, -0.2) is 9.59 Å². The Hall–Kier alpha value is -2.79. The van der Waals surface area contributed by atoms with Gasteiger partial charge in [-0.2, -0.15) is 0 Å². The zero-order valence-electron chi connectivity index (χ0n) is 25.3. The van der Waals surface area contributed by atoms with E-state index in [0.29, 0.717) is 48.8 Å². The van der Waals surface area contributed by atoms with Crippen molar-refractivity contribution in [3.8, 4) is 5.75 Å². The molecule has 3 saturated carbocycles. The van der Waals surface area contributed by atoms with Gasteiger partial charge < -0.3 is 33.6 Å². The van der Waals surface area contributed by atoms with Crippen LogP contribution in [-0.4, -0.2) is 62.8 Å². The smallest absolute Gasteiger partial charge is 0.496 e. The number of hydrogen-bond acceptors (Lipinski definition) is 9. The minimum absolute atomic E-state index is 0.0369. The number of rotatable bonds is 12. The quantitative estimate of drug-likeness (QED) is 0.213. The molecular formula is C30H44BNO9. The van der Waals surface area contributed by atoms with Crippen molar-refractivity contribution >= 4 is 25.2 Å². The first-order valence-electron chi connectivity index (χ1n) is 14.8. The topological polar surface area (TPSA) is 119 Å². The van der Waals surface area contributed by atoms with E-state index in [-0.39, 0.29) is 29.1 Å². The molecule has 41 heavy (non-hydrogen) atoms. The van der Waals surface area contributed by atoms with E-state index < -0.39 is 37.6 Å². The van der Waals surface area contributed by atoms with E-state index in [2.05, 4.69) is 26.1 Å². The summed E-state index contributed by atoms with van der Waals surface area (Å²) < 4.78 is 34.0. The Morgan fingerprint density at radius 1 is 1.10 bits per heavy atom. The van der Waals surface area contributed by atoms with Crippen LogP contribution in [0.5, 0.6) is 5.75 Å². The maximum Gasteiger partial charge on any atom is 0.511 e. The van der Waals surface area contributed by atoms with Crippen LogP contribution in [0, 0.1) is 17.3 Å². The SMILES string of the molecule is CCC(=O)NC(Cc1cccc(C(=O)OCOC(=O)OC(CC)CC)c1OC)B1OC2CC3CC(C3(C)C)C2(C)O1. The average Bonchev–Trinajstić information content (AvgIpc) is 3.32. The van der Waals surface area contributed by atoms with Crippen molar-refractivity contribution in [2.24, 2.45) is 17.3 Å². The third kappa shape index (κ3) is 6.21. The lowest BCUT2D eigenvalue weighted by molar-refractivity contribution is -0.199. The van der Waals surface area contributed by atoms with Gasteiger partial charge in [0.1, 0.15) is 17.4 Å². The van der Waals surface area contributed by atoms with E-state index in [0.717, 1.165) is 12.8 Å². The molecule has 1 N–H and O–H groups in total. The predicted octanol–water partition coefficient (Wildman–Crippen LogP) is 4.86. The maximum atomic E-state index is 12.9. The number of nitrogens with one attached hydrogen (secondary N) is 1. The summed E-state index contributed by atoms with van der Waals surface area (Å²) in [7, 11) is 0.817. The number of methoxy groups -OCH3 is 1. The summed E-state index contributed by atoms with van der Waals surface area (Å²) in [5, 5.41) is 3.07. The molecule has 1 saturated heterocycles. The summed E-state index contributed by atoms with van der Waals surface area (Å²) in [5.74, 6) is -0.0644. The number of benzene rings is 1. The first-order chi connectivity index (χ1) is 19.5. The zero-order chi connectivity index (χ0) is 29.9. The minimum Gasteiger partial charge on any atom is -0.496 e. The van der Waals surface area contributed by atoms with Crippen molar-refractivity contribution in [1.29, 1.82) is 0 Å². The minimum atomic E-state index is -0.895. The molecule has 4 fully saturated rings. The molecule has 1 amide bonds. The van der Waals surface area contributed by atoms with E-state index >= 15 is 0 Å². The zero-order valence-corrected chi connectivity index (χ0v) is 25.3. The highest BCUT2D eigenvalue weighted by Gasteiger charge is 2.68. The van der Waals surface area contributed by atoms with Crippen LogP contribution in [0.2, 0.25) is 0 Å². The van der Waals surface area contributed by atoms with Gasteiger partial charge in [-0.3, -0.25) is 4.79 Å². The van der Waals surface area contributed by atoms with Crippen molar-refractivity contribution in [2.75, 3.05) is 13.9 Å². The third-order valence-electron chi connectivity index (χ3n) is 9.47. The number of esters is 1. The molecule has 10 nitrogen and oxygen atoms in total. The van der Waals surface area contributed by atoms with Crippen molar-refractivity contribution in [3.63, 3.8) is 0 Å². The molecular weight excluding hydrogens is 529 g/mol. The van der Waals surface area contributed by atoms with Crippen molar-refractivity contribution in [3.05, 3.63) is 29.3 Å². The Kier molecular flexibility index (Phi) is 9.58. The molecule has 11 heteroatoms. The second-order valence-corrected chi connectivity index (χ2v) is 12.1. The van der Waals surface area contributed by atoms with Gasteiger partial charge in [-0.05, 0) is 67.9 Å². The lowest BCUT2D eigenvalue weighted by Gasteiger charge is -2.64. The van der Waals surface area contributed by atoms with Crippen LogP contribution in [-0.2, 0) is 34.7 Å². The summed E-state index contributed by atoms with van der Waals surface area (Å²) in [4.78, 5) is 37.4. The molecule has 0 radical (unpaired) electrons. The van der Waals surface area contributed by atoms with Gasteiger partial charge in [0, 0.05) is 6.42 Å². The van der Waals surface area contributed by atoms with Gasteiger partial charge in [0.05, 0.1) is 24.8 Å². The molecule has 1 aliphatic heterocycles. The van der Waals surface area contributed by atoms with E-state index in [1.807, 2.05) is 19.9 Å². The van der Waals surface area contributed by atoms with Crippen molar-refractivity contribution < 1.29 is 42.6 Å². The largest absolute Gasteiger partial charge is 0.511 e. The molecule has 0 aromatic heterocycles. The Morgan fingerprint density at radius 3 is 2.46 bits per heavy atom.